The molecule has 0 aliphatic rings. The Bertz CT molecular complexity index is 35.9. The van der Waals surface area contributed by atoms with Gasteiger partial charge in [-0.2, -0.15) is 0 Å². The van der Waals surface area contributed by atoms with Crippen LogP contribution in [0.25, 0.3) is 0 Å². The number of hydrogen-bond donors (Lipinski definition) is 0. The van der Waals surface area contributed by atoms with Gasteiger partial charge in [-0.05, 0) is 0 Å². The topological polar surface area (TPSA) is 66.2 Å². The van der Waals surface area contributed by atoms with Gasteiger partial charge in [-0.3, -0.25) is 0 Å². The van der Waals surface area contributed by atoms with Gasteiger partial charge in [0, 0.05) is 71.2 Å². The number of rotatable bonds is 0. The molecule has 0 amide bonds. The molecule has 0 N–H and O–H groups in total. The maximum Gasteiger partial charge on any atom is 0.0689 e. The van der Waals surface area contributed by atoms with Crippen LogP contribution in [0.1, 0.15) is 0 Å². The van der Waals surface area contributed by atoms with Crippen molar-refractivity contribution >= 4 is 12.4 Å². The zero-order valence-corrected chi connectivity index (χ0v) is 11.3. The van der Waals surface area contributed by atoms with Crippen molar-refractivity contribution < 1.29 is 76.3 Å². The molecule has 7 heavy (non-hydrogen) atoms. The van der Waals surface area contributed by atoms with E-state index in [0.717, 1.165) is 0 Å². The van der Waals surface area contributed by atoms with Crippen LogP contribution in [0.2, 0.25) is 0 Å². The minimum atomic E-state index is -1.75. The zero-order chi connectivity index (χ0) is 3.58. The van der Waals surface area contributed by atoms with Crippen LogP contribution in [0.15, 0.2) is 0 Å². The number of hydrogen-bond acceptors (Lipinski definition) is 3. The van der Waals surface area contributed by atoms with Crippen LogP contribution in [-0.4, -0.2) is 5.09 Å². The molecule has 0 spiro atoms. The van der Waals surface area contributed by atoms with Crippen molar-refractivity contribution in [3.8, 4) is 0 Å². The fraction of sp³-hybridized carbons (Fsp3) is 0. The fourth-order valence-electron chi connectivity index (χ4n) is 0. The van der Waals surface area contributed by atoms with E-state index in [9.17, 15) is 0 Å². The molecule has 2 radical (unpaired) electrons. The molecule has 0 heterocycles. The molecule has 0 aliphatic carbocycles. The van der Waals surface area contributed by atoms with Crippen molar-refractivity contribution in [2.45, 2.75) is 0 Å². The third-order valence-corrected chi connectivity index (χ3v) is 0. The summed E-state index contributed by atoms with van der Waals surface area (Å²) in [6, 6.07) is 0. The van der Waals surface area contributed by atoms with Crippen LogP contribution in [0.3, 0.4) is 0 Å². The Morgan fingerprint density at radius 2 is 1.14 bits per heavy atom. The predicted molar refractivity (Wildman–Crippen MR) is 17.6 cm³/mol. The van der Waals surface area contributed by atoms with E-state index in [1.54, 1.807) is 0 Å². The monoisotopic (exact) mass is 376 g/mol. The summed E-state index contributed by atoms with van der Waals surface area (Å²) in [6.45, 7) is 0. The summed E-state index contributed by atoms with van der Waals surface area (Å²) in [5.41, 5.74) is 0. The molecule has 0 atom stereocenters. The summed E-state index contributed by atoms with van der Waals surface area (Å²) in [4.78, 5) is 8.25. The molecule has 0 bridgehead atoms. The maximum absolute atomic E-state index is 8.25. The second-order valence-electron chi connectivity index (χ2n) is 0.224. The van der Waals surface area contributed by atoms with Crippen LogP contribution in [0, 0.1) is 86.5 Å². The van der Waals surface area contributed by atoms with Gasteiger partial charge in [0.25, 0.3) is 0 Å². The molecule has 0 saturated heterocycles. The van der Waals surface area contributed by atoms with E-state index >= 15 is 0 Å². The van der Waals surface area contributed by atoms with Crippen LogP contribution in [-0.2, 0) is 0 Å². The van der Waals surface area contributed by atoms with Gasteiger partial charge in [0.05, 0.1) is 5.09 Å². The SMILES string of the molecule is Cl.O=[N+]([O-])[O-].[La].[La]. The maximum atomic E-state index is 8.25. The summed E-state index contributed by atoms with van der Waals surface area (Å²) in [7, 11) is 0. The Labute approximate surface area is 102 Å². The molecular formula is HClLa2NO3-. The average molecular weight is 376 g/mol. The smallest absolute Gasteiger partial charge is 0.0689 e. The third-order valence-electron chi connectivity index (χ3n) is 0. The molecule has 7 heteroatoms. The Morgan fingerprint density at radius 1 is 1.14 bits per heavy atom. The van der Waals surface area contributed by atoms with Crippen molar-refractivity contribution in [1.82, 2.24) is 0 Å². The molecule has 38 valence electrons. The summed E-state index contributed by atoms with van der Waals surface area (Å²) >= 11 is 0. The van der Waals surface area contributed by atoms with Gasteiger partial charge in [-0.25, -0.2) is 0 Å². The first-order valence-corrected chi connectivity index (χ1v) is 0.548. The van der Waals surface area contributed by atoms with Crippen molar-refractivity contribution in [2.75, 3.05) is 0 Å². The first-order valence-electron chi connectivity index (χ1n) is 0.548. The second-order valence-corrected chi connectivity index (χ2v) is 0.224. The van der Waals surface area contributed by atoms with Crippen molar-refractivity contribution in [1.29, 1.82) is 0 Å². The van der Waals surface area contributed by atoms with Crippen LogP contribution < -0.4 is 0 Å². The predicted octanol–water partition coefficient (Wildman–Crippen LogP) is 0.183. The van der Waals surface area contributed by atoms with Crippen LogP contribution >= 0.6 is 12.4 Å². The first kappa shape index (κ1) is 23.2. The van der Waals surface area contributed by atoms with Gasteiger partial charge < -0.3 is 15.3 Å². The van der Waals surface area contributed by atoms with Gasteiger partial charge >= 0.3 is 0 Å². The summed E-state index contributed by atoms with van der Waals surface area (Å²) in [5, 5.41) is 14.8. The molecule has 0 fully saturated rings. The van der Waals surface area contributed by atoms with Crippen LogP contribution in [0.4, 0.5) is 0 Å². The molecule has 0 aliphatic heterocycles. The fourth-order valence-corrected chi connectivity index (χ4v) is 0. The van der Waals surface area contributed by atoms with Crippen LogP contribution in [0.5, 0.6) is 0 Å². The standard InChI is InChI=1S/ClH.2La.NO3/c;;;2-1(3)4/h1H;;;/q;;;-1. The van der Waals surface area contributed by atoms with Gasteiger partial charge in [0.15, 0.2) is 0 Å². The first-order chi connectivity index (χ1) is 1.73. The van der Waals surface area contributed by atoms with E-state index in [0.29, 0.717) is 0 Å². The molecule has 0 unspecified atom stereocenters. The van der Waals surface area contributed by atoms with E-state index < -0.39 is 5.09 Å². The number of nitrogens with zero attached hydrogens (tertiary/aromatic N) is 1. The molecular weight excluding hydrogens is 375 g/mol. The minimum absolute atomic E-state index is 0. The Morgan fingerprint density at radius 3 is 1.14 bits per heavy atom. The van der Waals surface area contributed by atoms with E-state index in [2.05, 4.69) is 0 Å². The van der Waals surface area contributed by atoms with Crippen molar-refractivity contribution in [3.05, 3.63) is 15.3 Å². The van der Waals surface area contributed by atoms with Gasteiger partial charge in [-0.1, -0.05) is 0 Å². The third kappa shape index (κ3) is 77.1. The summed E-state index contributed by atoms with van der Waals surface area (Å²) in [5.74, 6) is 0. The molecule has 4 nitrogen and oxygen atoms in total. The number of halogens is 1. The van der Waals surface area contributed by atoms with Gasteiger partial charge in [-0.15, -0.1) is 12.4 Å². The second kappa shape index (κ2) is 15.7. The summed E-state index contributed by atoms with van der Waals surface area (Å²) in [6.07, 6.45) is 0. The molecule has 0 rings (SSSR count). The molecule has 0 aromatic carbocycles. The summed E-state index contributed by atoms with van der Waals surface area (Å²) < 4.78 is 0. The van der Waals surface area contributed by atoms with Gasteiger partial charge in [0.1, 0.15) is 0 Å². The zero-order valence-electron chi connectivity index (χ0n) is 3.23. The Kier molecular flexibility index (Phi) is 51.8. The Hall–Kier alpha value is 1.88. The van der Waals surface area contributed by atoms with Gasteiger partial charge in [0.2, 0.25) is 0 Å². The minimum Gasteiger partial charge on any atom is -0.356 e. The van der Waals surface area contributed by atoms with E-state index in [4.69, 9.17) is 15.3 Å². The largest absolute Gasteiger partial charge is 0.356 e. The quantitative estimate of drug-likeness (QED) is 0.448. The molecule has 0 aromatic heterocycles. The normalized spacial score (nSPS) is 3.43. The Balaban J connectivity index is -0.0000000150. The average Bonchev–Trinajstić information content (AvgIpc) is 0.811. The van der Waals surface area contributed by atoms with E-state index in [1.165, 1.54) is 0 Å². The van der Waals surface area contributed by atoms with E-state index in [1.807, 2.05) is 0 Å². The van der Waals surface area contributed by atoms with E-state index in [-0.39, 0.29) is 83.6 Å². The molecule has 0 saturated carbocycles. The molecule has 0 aromatic rings. The van der Waals surface area contributed by atoms with Crippen molar-refractivity contribution in [2.24, 2.45) is 0 Å². The van der Waals surface area contributed by atoms with Crippen molar-refractivity contribution in [3.63, 3.8) is 0 Å².